The van der Waals surface area contributed by atoms with Crippen LogP contribution in [0.1, 0.15) is 12.1 Å². The Kier molecular flexibility index (Phi) is 4.83. The molecule has 130 valence electrons. The normalized spacial score (nSPS) is 17.0. The van der Waals surface area contributed by atoms with Crippen LogP contribution in [0.5, 0.6) is 5.88 Å². The van der Waals surface area contributed by atoms with Crippen molar-refractivity contribution in [3.05, 3.63) is 48.0 Å². The fourth-order valence-electron chi connectivity index (χ4n) is 2.84. The number of allylic oxidation sites excluding steroid dienone is 3. The maximum atomic E-state index is 10.9. The van der Waals surface area contributed by atoms with Crippen LogP contribution < -0.4 is 4.74 Å². The molecule has 2 heterocycles. The molecule has 0 radical (unpaired) electrons. The molecule has 1 atom stereocenters. The summed E-state index contributed by atoms with van der Waals surface area (Å²) in [6.07, 6.45) is 11.1. The van der Waals surface area contributed by atoms with Crippen LogP contribution in [0.4, 0.5) is 0 Å². The highest BCUT2D eigenvalue weighted by atomic mass is 16.5. The largest absolute Gasteiger partial charge is 0.497 e. The van der Waals surface area contributed by atoms with E-state index in [2.05, 4.69) is 16.2 Å². The Morgan fingerprint density at radius 3 is 2.92 bits per heavy atom. The maximum absolute atomic E-state index is 10.9. The van der Waals surface area contributed by atoms with Gasteiger partial charge in [0.05, 0.1) is 30.8 Å². The first-order chi connectivity index (χ1) is 12.1. The van der Waals surface area contributed by atoms with E-state index in [9.17, 15) is 4.79 Å². The molecule has 3 rings (SSSR count). The Morgan fingerprint density at radius 2 is 2.28 bits per heavy atom. The van der Waals surface area contributed by atoms with Gasteiger partial charge in [-0.3, -0.25) is 4.68 Å². The third-order valence-electron chi connectivity index (χ3n) is 4.03. The van der Waals surface area contributed by atoms with Crippen molar-refractivity contribution in [2.45, 2.75) is 13.0 Å². The van der Waals surface area contributed by atoms with Crippen molar-refractivity contribution < 1.29 is 19.4 Å². The van der Waals surface area contributed by atoms with Crippen molar-refractivity contribution in [3.63, 3.8) is 0 Å². The molecule has 0 aliphatic heterocycles. The highest BCUT2D eigenvalue weighted by molar-refractivity contribution is 5.94. The number of carbonyl (C=O) groups is 1. The number of aliphatic carboxylic acids is 1. The summed E-state index contributed by atoms with van der Waals surface area (Å²) >= 11 is 0. The molecule has 1 N–H and O–H groups in total. The van der Waals surface area contributed by atoms with Crippen molar-refractivity contribution >= 4 is 22.9 Å². The highest BCUT2D eigenvalue weighted by Gasteiger charge is 2.17. The Labute approximate surface area is 144 Å². The van der Waals surface area contributed by atoms with Crippen molar-refractivity contribution in [3.8, 4) is 5.88 Å². The molecule has 0 fully saturated rings. The molecule has 1 unspecified atom stereocenters. The van der Waals surface area contributed by atoms with Gasteiger partial charge in [-0.15, -0.1) is 0 Å². The van der Waals surface area contributed by atoms with Crippen LogP contribution in [0.25, 0.3) is 17.0 Å². The van der Waals surface area contributed by atoms with Gasteiger partial charge in [0.2, 0.25) is 5.88 Å². The topological polar surface area (TPSA) is 86.5 Å². The number of aromatic nitrogens is 3. The molecule has 1 aliphatic rings. The van der Waals surface area contributed by atoms with Crippen molar-refractivity contribution in [2.24, 2.45) is 5.92 Å². The molecule has 0 saturated carbocycles. The number of nitrogens with zero attached hydrogens (tertiary/aromatic N) is 3. The summed E-state index contributed by atoms with van der Waals surface area (Å²) in [6.45, 7) is 0.661. The van der Waals surface area contributed by atoms with E-state index in [0.29, 0.717) is 23.5 Å². The summed E-state index contributed by atoms with van der Waals surface area (Å²) in [6, 6.07) is 1.85. The maximum Gasteiger partial charge on any atom is 0.328 e. The lowest BCUT2D eigenvalue weighted by molar-refractivity contribution is -0.131. The number of carboxylic acids is 1. The highest BCUT2D eigenvalue weighted by Crippen LogP contribution is 2.29. The van der Waals surface area contributed by atoms with Gasteiger partial charge in [-0.05, 0) is 30.7 Å². The molecular formula is C18H19N3O4. The van der Waals surface area contributed by atoms with Gasteiger partial charge in [0.25, 0.3) is 0 Å². The fraction of sp³-hybridized carbons (Fsp3) is 0.278. The molecule has 0 saturated heterocycles. The van der Waals surface area contributed by atoms with E-state index in [1.54, 1.807) is 13.3 Å². The minimum absolute atomic E-state index is 0.275. The van der Waals surface area contributed by atoms with E-state index in [-0.39, 0.29) is 5.92 Å². The molecule has 7 heteroatoms. The zero-order chi connectivity index (χ0) is 17.8. The Morgan fingerprint density at radius 1 is 1.44 bits per heavy atom. The molecule has 0 spiro atoms. The van der Waals surface area contributed by atoms with Gasteiger partial charge in [0.15, 0.2) is 0 Å². The van der Waals surface area contributed by atoms with E-state index in [4.69, 9.17) is 14.6 Å². The minimum Gasteiger partial charge on any atom is -0.497 e. The number of hydrogen-bond donors (Lipinski definition) is 1. The first-order valence-electron chi connectivity index (χ1n) is 7.85. The zero-order valence-corrected chi connectivity index (χ0v) is 14.0. The van der Waals surface area contributed by atoms with Crippen LogP contribution >= 0.6 is 0 Å². The Hall–Kier alpha value is -3.09. The molecule has 25 heavy (non-hydrogen) atoms. The van der Waals surface area contributed by atoms with Crippen LogP contribution in [0.3, 0.4) is 0 Å². The van der Waals surface area contributed by atoms with Gasteiger partial charge in [0, 0.05) is 24.7 Å². The van der Waals surface area contributed by atoms with E-state index in [0.717, 1.165) is 23.8 Å². The van der Waals surface area contributed by atoms with Gasteiger partial charge >= 0.3 is 5.97 Å². The molecule has 0 amide bonds. The van der Waals surface area contributed by atoms with E-state index >= 15 is 0 Å². The number of pyridine rings is 1. The van der Waals surface area contributed by atoms with E-state index in [1.807, 2.05) is 22.9 Å². The minimum atomic E-state index is -1.03. The quantitative estimate of drug-likeness (QED) is 0.813. The number of hydrogen-bond acceptors (Lipinski definition) is 5. The predicted octanol–water partition coefficient (Wildman–Crippen LogP) is 2.64. The Bertz CT molecular complexity index is 880. The number of fused-ring (bicyclic) bond motifs is 1. The zero-order valence-electron chi connectivity index (χ0n) is 14.0. The van der Waals surface area contributed by atoms with Gasteiger partial charge in [-0.25, -0.2) is 9.78 Å². The van der Waals surface area contributed by atoms with Gasteiger partial charge < -0.3 is 14.6 Å². The lowest BCUT2D eigenvalue weighted by Gasteiger charge is -2.16. The van der Waals surface area contributed by atoms with Crippen molar-refractivity contribution in [1.82, 2.24) is 14.8 Å². The van der Waals surface area contributed by atoms with E-state index in [1.165, 1.54) is 13.2 Å². The smallest absolute Gasteiger partial charge is 0.328 e. The van der Waals surface area contributed by atoms with Gasteiger partial charge in [-0.2, -0.15) is 5.10 Å². The fourth-order valence-corrected chi connectivity index (χ4v) is 2.84. The molecule has 0 aromatic carbocycles. The number of ether oxygens (including phenoxy) is 2. The molecule has 0 bridgehead atoms. The SMILES string of the molecule is COC1=CCC(Cn2nc(/C=C/C(=O)O)c3c(OC)nccc32)C=C1. The number of methoxy groups -OCH3 is 2. The second-order valence-corrected chi connectivity index (χ2v) is 5.62. The molecule has 2 aromatic heterocycles. The third-order valence-corrected chi connectivity index (χ3v) is 4.03. The van der Waals surface area contributed by atoms with Crippen LogP contribution in [-0.2, 0) is 16.1 Å². The summed E-state index contributed by atoms with van der Waals surface area (Å²) < 4.78 is 12.4. The van der Waals surface area contributed by atoms with Crippen LogP contribution in [0.15, 0.2) is 42.3 Å². The van der Waals surface area contributed by atoms with Crippen LogP contribution in [-0.4, -0.2) is 40.1 Å². The third kappa shape index (κ3) is 3.55. The summed E-state index contributed by atoms with van der Waals surface area (Å²) in [5.41, 5.74) is 1.38. The monoisotopic (exact) mass is 341 g/mol. The summed E-state index contributed by atoms with van der Waals surface area (Å²) in [5.74, 6) is 0.530. The van der Waals surface area contributed by atoms with Crippen LogP contribution in [0, 0.1) is 5.92 Å². The first-order valence-corrected chi connectivity index (χ1v) is 7.85. The predicted molar refractivity (Wildman–Crippen MR) is 93.1 cm³/mol. The summed E-state index contributed by atoms with van der Waals surface area (Å²) in [5, 5.41) is 14.2. The lowest BCUT2D eigenvalue weighted by Crippen LogP contribution is -2.11. The summed E-state index contributed by atoms with van der Waals surface area (Å²) in [7, 11) is 3.18. The average molecular weight is 341 g/mol. The van der Waals surface area contributed by atoms with Gasteiger partial charge in [-0.1, -0.05) is 6.08 Å². The van der Waals surface area contributed by atoms with E-state index < -0.39 is 5.97 Å². The molecule has 7 nitrogen and oxygen atoms in total. The standard InChI is InChI=1S/C18H19N3O4/c1-24-13-5-3-12(4-6-13)11-21-15-9-10-19-18(25-2)17(15)14(20-21)7-8-16(22)23/h3,5-10,12H,4,11H2,1-2H3,(H,22,23)/b8-7+. The van der Waals surface area contributed by atoms with Crippen molar-refractivity contribution in [1.29, 1.82) is 0 Å². The van der Waals surface area contributed by atoms with Gasteiger partial charge in [0.1, 0.15) is 5.76 Å². The lowest BCUT2D eigenvalue weighted by atomic mass is 10.00. The molecule has 2 aromatic rings. The van der Waals surface area contributed by atoms with Crippen molar-refractivity contribution in [2.75, 3.05) is 14.2 Å². The number of rotatable bonds is 6. The Balaban J connectivity index is 1.97. The second kappa shape index (κ2) is 7.21. The summed E-state index contributed by atoms with van der Waals surface area (Å²) in [4.78, 5) is 15.0. The average Bonchev–Trinajstić information content (AvgIpc) is 2.98. The number of carboxylic acid groups (broad SMARTS) is 1. The van der Waals surface area contributed by atoms with Crippen LogP contribution in [0.2, 0.25) is 0 Å². The first kappa shape index (κ1) is 16.8. The molecule has 1 aliphatic carbocycles. The molecular weight excluding hydrogens is 322 g/mol. The second-order valence-electron chi connectivity index (χ2n) is 5.62.